The highest BCUT2D eigenvalue weighted by Gasteiger charge is 2.10. The van der Waals surface area contributed by atoms with E-state index in [0.717, 1.165) is 0 Å². The average Bonchev–Trinajstić information content (AvgIpc) is 2.26. The molecule has 0 aliphatic heterocycles. The van der Waals surface area contributed by atoms with Crippen molar-refractivity contribution in [3.8, 4) is 0 Å². The number of rotatable bonds is 5. The minimum Gasteiger partial charge on any atom is -0.477 e. The topological polar surface area (TPSA) is 105 Å². The van der Waals surface area contributed by atoms with E-state index in [2.05, 4.69) is 10.3 Å². The fourth-order valence-corrected chi connectivity index (χ4v) is 1.41. The van der Waals surface area contributed by atoms with Crippen molar-refractivity contribution in [2.75, 3.05) is 23.9 Å². The number of nitrogens with two attached hydrogens (primary N) is 1. The van der Waals surface area contributed by atoms with E-state index in [9.17, 15) is 9.00 Å². The number of nitrogens with one attached hydrogen (secondary N) is 1. The Labute approximate surface area is 102 Å². The molecule has 0 aromatic carbocycles. The van der Waals surface area contributed by atoms with E-state index < -0.39 is 16.8 Å². The molecule has 4 N–H and O–H groups in total. The lowest BCUT2D eigenvalue weighted by Crippen LogP contribution is -2.22. The van der Waals surface area contributed by atoms with Crippen LogP contribution in [0.2, 0.25) is 0 Å². The van der Waals surface area contributed by atoms with Crippen LogP contribution in [0, 0.1) is 0 Å². The maximum atomic E-state index is 11.2. The maximum Gasteiger partial charge on any atom is 0.354 e. The molecule has 1 aromatic rings. The van der Waals surface area contributed by atoms with Crippen molar-refractivity contribution in [1.82, 2.24) is 4.98 Å². The van der Waals surface area contributed by atoms with Gasteiger partial charge in [-0.25, -0.2) is 9.78 Å². The lowest BCUT2D eigenvalue weighted by molar-refractivity contribution is 0.0690. The molecule has 1 heterocycles. The Morgan fingerprint density at radius 3 is 2.82 bits per heavy atom. The van der Waals surface area contributed by atoms with E-state index in [4.69, 9.17) is 10.8 Å². The van der Waals surface area contributed by atoms with Gasteiger partial charge in [-0.2, -0.15) is 0 Å². The molecule has 1 aromatic heterocycles. The zero-order valence-electron chi connectivity index (χ0n) is 9.64. The Balaban J connectivity index is 2.79. The minimum absolute atomic E-state index is 0.0651. The lowest BCUT2D eigenvalue weighted by Gasteiger charge is -2.12. The molecule has 0 bridgehead atoms. The van der Waals surface area contributed by atoms with Gasteiger partial charge in [-0.05, 0) is 19.1 Å². The number of carboxylic acid groups (broad SMARTS) is 1. The first-order valence-electron chi connectivity index (χ1n) is 4.97. The summed E-state index contributed by atoms with van der Waals surface area (Å²) in [6.45, 7) is 2.24. The molecule has 17 heavy (non-hydrogen) atoms. The summed E-state index contributed by atoms with van der Waals surface area (Å²) in [7, 11) is -0.952. The number of pyridine rings is 1. The van der Waals surface area contributed by atoms with Gasteiger partial charge in [0.1, 0.15) is 5.82 Å². The number of nitrogens with zero attached hydrogens (tertiary/aromatic N) is 1. The van der Waals surface area contributed by atoms with Gasteiger partial charge in [0.15, 0.2) is 5.69 Å². The van der Waals surface area contributed by atoms with E-state index in [0.29, 0.717) is 18.1 Å². The minimum atomic E-state index is -1.11. The van der Waals surface area contributed by atoms with Crippen molar-refractivity contribution < 1.29 is 14.1 Å². The summed E-state index contributed by atoms with van der Waals surface area (Å²) < 4.78 is 11.2. The van der Waals surface area contributed by atoms with E-state index in [1.807, 2.05) is 6.92 Å². The SMILES string of the molecule is CC(CNc1nc(C(=O)O)ccc1N)S(C)=O. The highest BCUT2D eigenvalue weighted by atomic mass is 32.2. The van der Waals surface area contributed by atoms with Crippen LogP contribution in [0.1, 0.15) is 17.4 Å². The summed E-state index contributed by atoms with van der Waals surface area (Å²) in [5.41, 5.74) is 5.95. The summed E-state index contributed by atoms with van der Waals surface area (Å²) in [5, 5.41) is 11.6. The fraction of sp³-hybridized carbons (Fsp3) is 0.400. The molecule has 0 aliphatic carbocycles. The van der Waals surface area contributed by atoms with Gasteiger partial charge < -0.3 is 16.2 Å². The summed E-state index contributed by atoms with van der Waals surface area (Å²) in [6.07, 6.45) is 1.61. The van der Waals surface area contributed by atoms with Gasteiger partial charge in [0.05, 0.1) is 5.69 Å². The molecular weight excluding hydrogens is 242 g/mol. The Hall–Kier alpha value is -1.63. The Morgan fingerprint density at radius 2 is 2.29 bits per heavy atom. The van der Waals surface area contributed by atoms with Gasteiger partial charge >= 0.3 is 5.97 Å². The number of carboxylic acids is 1. The number of aromatic carboxylic acids is 1. The first-order chi connectivity index (χ1) is 7.91. The highest BCUT2D eigenvalue weighted by molar-refractivity contribution is 7.84. The molecule has 0 saturated heterocycles. The van der Waals surface area contributed by atoms with E-state index in [1.54, 1.807) is 6.26 Å². The summed E-state index contributed by atoms with van der Waals surface area (Å²) in [5.74, 6) is -0.803. The van der Waals surface area contributed by atoms with Crippen molar-refractivity contribution in [1.29, 1.82) is 0 Å². The molecule has 0 radical (unpaired) electrons. The molecule has 94 valence electrons. The molecule has 2 atom stereocenters. The second-order valence-electron chi connectivity index (χ2n) is 3.63. The lowest BCUT2D eigenvalue weighted by atomic mass is 10.3. The Bertz CT molecular complexity index is 450. The third-order valence-corrected chi connectivity index (χ3v) is 3.57. The van der Waals surface area contributed by atoms with Gasteiger partial charge in [0.25, 0.3) is 0 Å². The predicted molar refractivity (Wildman–Crippen MR) is 67.6 cm³/mol. The second-order valence-corrected chi connectivity index (χ2v) is 5.43. The standard InChI is InChI=1S/C10H15N3O3S/c1-6(17(2)16)5-12-9-7(11)3-4-8(13-9)10(14)15/h3-4,6H,5,11H2,1-2H3,(H,12,13)(H,14,15). The molecule has 0 amide bonds. The number of anilines is 2. The highest BCUT2D eigenvalue weighted by Crippen LogP contribution is 2.15. The number of nitrogen functional groups attached to an aromatic ring is 1. The van der Waals surface area contributed by atoms with Crippen LogP contribution in [0.5, 0.6) is 0 Å². The van der Waals surface area contributed by atoms with E-state index >= 15 is 0 Å². The summed E-state index contributed by atoms with van der Waals surface area (Å²) in [4.78, 5) is 14.6. The van der Waals surface area contributed by atoms with E-state index in [1.165, 1.54) is 12.1 Å². The van der Waals surface area contributed by atoms with Crippen LogP contribution >= 0.6 is 0 Å². The fourth-order valence-electron chi connectivity index (χ4n) is 1.09. The van der Waals surface area contributed by atoms with Crippen LogP contribution in [-0.2, 0) is 10.8 Å². The number of carbonyl (C=O) groups is 1. The largest absolute Gasteiger partial charge is 0.477 e. The van der Waals surface area contributed by atoms with Crippen LogP contribution in [0.15, 0.2) is 12.1 Å². The zero-order chi connectivity index (χ0) is 13.0. The normalized spacial score (nSPS) is 14.0. The van der Waals surface area contributed by atoms with Gasteiger partial charge in [-0.3, -0.25) is 4.21 Å². The second kappa shape index (κ2) is 5.62. The van der Waals surface area contributed by atoms with Gasteiger partial charge in [-0.15, -0.1) is 0 Å². The molecular formula is C10H15N3O3S. The third-order valence-electron chi connectivity index (χ3n) is 2.27. The molecule has 2 unspecified atom stereocenters. The number of hydrogen-bond acceptors (Lipinski definition) is 5. The quantitative estimate of drug-likeness (QED) is 0.711. The van der Waals surface area contributed by atoms with Crippen LogP contribution in [-0.4, -0.2) is 38.3 Å². The monoisotopic (exact) mass is 257 g/mol. The van der Waals surface area contributed by atoms with Crippen LogP contribution < -0.4 is 11.1 Å². The van der Waals surface area contributed by atoms with Crippen LogP contribution in [0.3, 0.4) is 0 Å². The molecule has 7 heteroatoms. The van der Waals surface area contributed by atoms with E-state index in [-0.39, 0.29) is 10.9 Å². The molecule has 6 nitrogen and oxygen atoms in total. The maximum absolute atomic E-state index is 11.2. The molecule has 1 rings (SSSR count). The van der Waals surface area contributed by atoms with Crippen molar-refractivity contribution in [2.24, 2.45) is 0 Å². The van der Waals surface area contributed by atoms with Crippen LogP contribution in [0.4, 0.5) is 11.5 Å². The molecule has 0 aliphatic rings. The van der Waals surface area contributed by atoms with Gasteiger partial charge in [0.2, 0.25) is 0 Å². The first-order valence-corrected chi connectivity index (χ1v) is 6.60. The van der Waals surface area contributed by atoms with Crippen molar-refractivity contribution >= 4 is 28.3 Å². The summed E-state index contributed by atoms with van der Waals surface area (Å²) >= 11 is 0. The Morgan fingerprint density at radius 1 is 1.65 bits per heavy atom. The van der Waals surface area contributed by atoms with Crippen molar-refractivity contribution in [2.45, 2.75) is 12.2 Å². The number of aromatic nitrogens is 1. The average molecular weight is 257 g/mol. The van der Waals surface area contributed by atoms with Crippen molar-refractivity contribution in [3.05, 3.63) is 17.8 Å². The molecule has 0 spiro atoms. The smallest absolute Gasteiger partial charge is 0.354 e. The third kappa shape index (κ3) is 3.70. The predicted octanol–water partition coefficient (Wildman–Crippen LogP) is 0.541. The Kier molecular flexibility index (Phi) is 4.45. The van der Waals surface area contributed by atoms with Gasteiger partial charge in [-0.1, -0.05) is 0 Å². The number of hydrogen-bond donors (Lipinski definition) is 3. The molecule has 0 saturated carbocycles. The zero-order valence-corrected chi connectivity index (χ0v) is 10.5. The van der Waals surface area contributed by atoms with Crippen LogP contribution in [0.25, 0.3) is 0 Å². The van der Waals surface area contributed by atoms with Crippen molar-refractivity contribution in [3.63, 3.8) is 0 Å². The van der Waals surface area contributed by atoms with Gasteiger partial charge in [0, 0.05) is 28.9 Å². The first kappa shape index (κ1) is 13.4. The summed E-state index contributed by atoms with van der Waals surface area (Å²) in [6, 6.07) is 2.82. The molecule has 0 fully saturated rings.